The van der Waals surface area contributed by atoms with Crippen LogP contribution in [0.15, 0.2) is 35.0 Å². The zero-order valence-corrected chi connectivity index (χ0v) is 8.56. The summed E-state index contributed by atoms with van der Waals surface area (Å²) in [5.41, 5.74) is 0. The van der Waals surface area contributed by atoms with Gasteiger partial charge in [-0.05, 0) is 12.1 Å². The van der Waals surface area contributed by atoms with Gasteiger partial charge in [0, 0.05) is 22.8 Å². The highest BCUT2D eigenvalue weighted by molar-refractivity contribution is 9.10. The van der Waals surface area contributed by atoms with Crippen molar-refractivity contribution in [2.45, 2.75) is 0 Å². The molecule has 5 heteroatoms. The molecule has 1 aliphatic rings. The third kappa shape index (κ3) is 1.46. The molecule has 4 nitrogen and oxygen atoms in total. The number of anilines is 1. The summed E-state index contributed by atoms with van der Waals surface area (Å²) in [5, 5.41) is 0. The molecule has 0 radical (unpaired) electrons. The van der Waals surface area contributed by atoms with Gasteiger partial charge in [0.2, 0.25) is 0 Å². The van der Waals surface area contributed by atoms with Crippen molar-refractivity contribution in [2.24, 2.45) is 0 Å². The van der Waals surface area contributed by atoms with Crippen LogP contribution in [0.4, 0.5) is 5.82 Å². The van der Waals surface area contributed by atoms with Crippen LogP contribution in [0.5, 0.6) is 0 Å². The number of nitrogens with zero attached hydrogens (tertiary/aromatic N) is 2. The molecule has 14 heavy (non-hydrogen) atoms. The van der Waals surface area contributed by atoms with Crippen molar-refractivity contribution in [1.82, 2.24) is 4.98 Å². The molecule has 1 aromatic rings. The summed E-state index contributed by atoms with van der Waals surface area (Å²) in [6.07, 6.45) is 3.98. The largest absolute Gasteiger partial charge is 0.269 e. The maximum Gasteiger partial charge on any atom is 0.259 e. The third-order valence-electron chi connectivity index (χ3n) is 1.75. The van der Waals surface area contributed by atoms with Gasteiger partial charge in [0.1, 0.15) is 5.82 Å². The highest BCUT2D eigenvalue weighted by Gasteiger charge is 2.25. The second kappa shape index (κ2) is 3.34. The van der Waals surface area contributed by atoms with E-state index in [4.69, 9.17) is 0 Å². The number of hydrogen-bond acceptors (Lipinski definition) is 3. The van der Waals surface area contributed by atoms with Gasteiger partial charge in [-0.25, -0.2) is 9.88 Å². The lowest BCUT2D eigenvalue weighted by Crippen LogP contribution is -2.30. The number of imide groups is 1. The van der Waals surface area contributed by atoms with Gasteiger partial charge >= 0.3 is 0 Å². The minimum atomic E-state index is -0.361. The van der Waals surface area contributed by atoms with E-state index in [0.717, 1.165) is 9.37 Å². The molecule has 70 valence electrons. The average molecular weight is 253 g/mol. The molecule has 1 aromatic heterocycles. The molecule has 0 bridgehead atoms. The van der Waals surface area contributed by atoms with E-state index >= 15 is 0 Å². The van der Waals surface area contributed by atoms with E-state index in [-0.39, 0.29) is 11.8 Å². The van der Waals surface area contributed by atoms with Crippen molar-refractivity contribution < 1.29 is 9.59 Å². The summed E-state index contributed by atoms with van der Waals surface area (Å²) in [4.78, 5) is 27.5. The molecule has 2 rings (SSSR count). The number of pyridine rings is 1. The zero-order valence-electron chi connectivity index (χ0n) is 6.98. The van der Waals surface area contributed by atoms with Crippen molar-refractivity contribution in [3.63, 3.8) is 0 Å². The fraction of sp³-hybridized carbons (Fsp3) is 0. The van der Waals surface area contributed by atoms with Crippen LogP contribution in [0.2, 0.25) is 0 Å². The lowest BCUT2D eigenvalue weighted by molar-refractivity contribution is -0.120. The van der Waals surface area contributed by atoms with Gasteiger partial charge < -0.3 is 0 Å². The standard InChI is InChI=1S/C9H5BrN2O2/c10-6-3-4-11-7(5-6)12-8(13)1-2-9(12)14/h1-5H. The van der Waals surface area contributed by atoms with E-state index < -0.39 is 0 Å². The van der Waals surface area contributed by atoms with Crippen LogP contribution in [-0.4, -0.2) is 16.8 Å². The molecule has 2 amide bonds. The molecule has 0 saturated heterocycles. The Hall–Kier alpha value is -1.49. The number of amides is 2. The zero-order chi connectivity index (χ0) is 10.1. The number of halogens is 1. The highest BCUT2D eigenvalue weighted by Crippen LogP contribution is 2.19. The van der Waals surface area contributed by atoms with Crippen LogP contribution in [0.25, 0.3) is 0 Å². The summed E-state index contributed by atoms with van der Waals surface area (Å²) in [6.45, 7) is 0. The smallest absolute Gasteiger partial charge is 0.259 e. The number of rotatable bonds is 1. The van der Waals surface area contributed by atoms with Gasteiger partial charge in [-0.1, -0.05) is 15.9 Å². The fourth-order valence-corrected chi connectivity index (χ4v) is 1.46. The summed E-state index contributed by atoms with van der Waals surface area (Å²) >= 11 is 3.24. The topological polar surface area (TPSA) is 50.3 Å². The van der Waals surface area contributed by atoms with Gasteiger partial charge in [-0.2, -0.15) is 0 Å². The predicted octanol–water partition coefficient (Wildman–Crippen LogP) is 1.27. The third-order valence-corrected chi connectivity index (χ3v) is 2.24. The second-order valence-corrected chi connectivity index (χ2v) is 3.59. The monoisotopic (exact) mass is 252 g/mol. The molecule has 0 fully saturated rings. The van der Waals surface area contributed by atoms with Crippen LogP contribution in [-0.2, 0) is 9.59 Å². The van der Waals surface area contributed by atoms with Crippen LogP contribution >= 0.6 is 15.9 Å². The van der Waals surface area contributed by atoms with Gasteiger partial charge in [-0.15, -0.1) is 0 Å². The average Bonchev–Trinajstić information content (AvgIpc) is 2.46. The Kier molecular flexibility index (Phi) is 2.17. The van der Waals surface area contributed by atoms with Crippen molar-refractivity contribution in [3.05, 3.63) is 35.0 Å². The first-order chi connectivity index (χ1) is 6.68. The van der Waals surface area contributed by atoms with Gasteiger partial charge in [0.05, 0.1) is 0 Å². The first kappa shape index (κ1) is 9.08. The van der Waals surface area contributed by atoms with E-state index in [1.807, 2.05) is 0 Å². The van der Waals surface area contributed by atoms with Crippen LogP contribution in [0.1, 0.15) is 0 Å². The molecule has 0 spiro atoms. The Balaban J connectivity index is 2.41. The van der Waals surface area contributed by atoms with Crippen molar-refractivity contribution in [1.29, 1.82) is 0 Å². The van der Waals surface area contributed by atoms with E-state index in [2.05, 4.69) is 20.9 Å². The SMILES string of the molecule is O=C1C=CC(=O)N1c1cc(Br)ccn1. The molecule has 1 aliphatic heterocycles. The van der Waals surface area contributed by atoms with Gasteiger partial charge in [0.15, 0.2) is 0 Å². The molecular weight excluding hydrogens is 248 g/mol. The number of carbonyl (C=O) groups excluding carboxylic acids is 2. The number of aromatic nitrogens is 1. The van der Waals surface area contributed by atoms with Gasteiger partial charge in [0.25, 0.3) is 11.8 Å². The van der Waals surface area contributed by atoms with E-state index in [1.54, 1.807) is 12.1 Å². The predicted molar refractivity (Wildman–Crippen MR) is 53.6 cm³/mol. The van der Waals surface area contributed by atoms with Crippen LogP contribution in [0, 0.1) is 0 Å². The van der Waals surface area contributed by atoms with Crippen molar-refractivity contribution in [2.75, 3.05) is 4.90 Å². The summed E-state index contributed by atoms with van der Waals surface area (Å²) < 4.78 is 0.773. The highest BCUT2D eigenvalue weighted by atomic mass is 79.9. The minimum Gasteiger partial charge on any atom is -0.269 e. The molecular formula is C9H5BrN2O2. The maximum atomic E-state index is 11.3. The van der Waals surface area contributed by atoms with E-state index in [0.29, 0.717) is 5.82 Å². The summed E-state index contributed by atoms with van der Waals surface area (Å²) in [5.74, 6) is -0.388. The van der Waals surface area contributed by atoms with Crippen LogP contribution < -0.4 is 4.90 Å². The quantitative estimate of drug-likeness (QED) is 0.708. The normalized spacial score (nSPS) is 15.4. The lowest BCUT2D eigenvalue weighted by atomic mass is 10.4. The Labute approximate surface area is 88.4 Å². The molecule has 0 N–H and O–H groups in total. The summed E-state index contributed by atoms with van der Waals surface area (Å²) in [6, 6.07) is 3.34. The second-order valence-electron chi connectivity index (χ2n) is 2.68. The molecule has 0 unspecified atom stereocenters. The Morgan fingerprint density at radius 1 is 1.21 bits per heavy atom. The summed E-state index contributed by atoms with van der Waals surface area (Å²) in [7, 11) is 0. The number of carbonyl (C=O) groups is 2. The van der Waals surface area contributed by atoms with Crippen molar-refractivity contribution in [3.8, 4) is 0 Å². The Morgan fingerprint density at radius 3 is 2.43 bits per heavy atom. The maximum absolute atomic E-state index is 11.3. The molecule has 0 aliphatic carbocycles. The number of hydrogen-bond donors (Lipinski definition) is 0. The van der Waals surface area contributed by atoms with E-state index in [1.165, 1.54) is 18.3 Å². The first-order valence-corrected chi connectivity index (χ1v) is 4.65. The Bertz CT molecular complexity index is 424. The molecule has 0 aromatic carbocycles. The molecule has 0 atom stereocenters. The van der Waals surface area contributed by atoms with Gasteiger partial charge in [-0.3, -0.25) is 9.59 Å². The Morgan fingerprint density at radius 2 is 1.86 bits per heavy atom. The molecule has 2 heterocycles. The van der Waals surface area contributed by atoms with Crippen LogP contribution in [0.3, 0.4) is 0 Å². The van der Waals surface area contributed by atoms with Crippen molar-refractivity contribution >= 4 is 33.6 Å². The lowest BCUT2D eigenvalue weighted by Gasteiger charge is -2.11. The minimum absolute atomic E-state index is 0.333. The molecule has 0 saturated carbocycles. The first-order valence-electron chi connectivity index (χ1n) is 3.86. The van der Waals surface area contributed by atoms with E-state index in [9.17, 15) is 9.59 Å². The fourth-order valence-electron chi connectivity index (χ4n) is 1.14.